The van der Waals surface area contributed by atoms with Crippen LogP contribution in [0.2, 0.25) is 12.6 Å². The molecule has 11 heavy (non-hydrogen) atoms. The van der Waals surface area contributed by atoms with Gasteiger partial charge in [-0.25, -0.2) is 0 Å². The lowest BCUT2D eigenvalue weighted by molar-refractivity contribution is -0.114. The summed E-state index contributed by atoms with van der Waals surface area (Å²) >= 11 is 0. The van der Waals surface area contributed by atoms with Gasteiger partial charge in [0, 0.05) is 6.42 Å². The summed E-state index contributed by atoms with van der Waals surface area (Å²) in [4.78, 5) is 10.7. The number of Topliss-reactive ketones (excluding diaryl/α,β-unsaturated/α-hetero) is 1. The third-order valence-corrected chi connectivity index (χ3v) is 2.32. The van der Waals surface area contributed by atoms with E-state index in [0.717, 1.165) is 12.7 Å². The highest BCUT2D eigenvalue weighted by Gasteiger charge is 2.16. The summed E-state index contributed by atoms with van der Waals surface area (Å²) in [6.07, 6.45) is 5.33. The Balaban J connectivity index is 2.25. The molecule has 1 atom stereocenters. The van der Waals surface area contributed by atoms with Crippen LogP contribution in [0.25, 0.3) is 0 Å². The van der Waals surface area contributed by atoms with E-state index in [0.29, 0.717) is 12.3 Å². The number of nitriles is 1. The minimum Gasteiger partial charge on any atom is -0.283 e. The van der Waals surface area contributed by atoms with Crippen molar-refractivity contribution in [2.45, 2.75) is 31.9 Å². The molecule has 1 heterocycles. The van der Waals surface area contributed by atoms with Crippen molar-refractivity contribution < 1.29 is 4.79 Å². The van der Waals surface area contributed by atoms with Gasteiger partial charge in [-0.05, 0) is 5.92 Å². The number of hydrogen-bond acceptors (Lipinski definition) is 2. The summed E-state index contributed by atoms with van der Waals surface area (Å²) < 4.78 is 0. The minimum absolute atomic E-state index is 0.239. The summed E-state index contributed by atoms with van der Waals surface area (Å²) in [5.74, 6) is 0.271. The zero-order chi connectivity index (χ0) is 8.10. The van der Waals surface area contributed by atoms with Gasteiger partial charge in [-0.2, -0.15) is 5.26 Å². The Hall–Kier alpha value is -0.775. The van der Waals surface area contributed by atoms with E-state index in [4.69, 9.17) is 5.26 Å². The molecule has 58 valence electrons. The van der Waals surface area contributed by atoms with Crippen LogP contribution in [0.1, 0.15) is 19.3 Å². The molecule has 1 unspecified atom stereocenters. The van der Waals surface area contributed by atoms with Crippen molar-refractivity contribution in [2.75, 3.05) is 0 Å². The molecule has 0 aromatic carbocycles. The van der Waals surface area contributed by atoms with E-state index in [-0.39, 0.29) is 5.78 Å². The zero-order valence-electron chi connectivity index (χ0n) is 6.68. The molecule has 3 heteroatoms. The van der Waals surface area contributed by atoms with Crippen LogP contribution < -0.4 is 0 Å². The second-order valence-electron chi connectivity index (χ2n) is 3.24. The van der Waals surface area contributed by atoms with E-state index in [1.54, 1.807) is 6.07 Å². The van der Waals surface area contributed by atoms with Crippen molar-refractivity contribution in [3.8, 4) is 6.07 Å². The van der Waals surface area contributed by atoms with E-state index >= 15 is 0 Å². The number of carbonyl (C=O) groups is 1. The molecule has 1 rings (SSSR count). The molecule has 0 N–H and O–H groups in total. The van der Waals surface area contributed by atoms with Crippen molar-refractivity contribution in [3.05, 3.63) is 0 Å². The maximum atomic E-state index is 10.7. The first kappa shape index (κ1) is 8.32. The van der Waals surface area contributed by atoms with Crippen LogP contribution in [0.5, 0.6) is 0 Å². The molecule has 0 amide bonds. The standard InChI is InChI=1S/C8H12BNO/c10-6-8(11)4-7-2-1-3-9-5-7/h7,9H,1-5H2. The topological polar surface area (TPSA) is 40.9 Å². The smallest absolute Gasteiger partial charge is 0.232 e. The molecule has 0 saturated carbocycles. The van der Waals surface area contributed by atoms with Gasteiger partial charge in [0.2, 0.25) is 5.78 Å². The average Bonchev–Trinajstić information content (AvgIpc) is 2.06. The fourth-order valence-electron chi connectivity index (χ4n) is 1.70. The third-order valence-electron chi connectivity index (χ3n) is 2.32. The number of ketones is 1. The van der Waals surface area contributed by atoms with Crippen molar-refractivity contribution in [1.29, 1.82) is 5.26 Å². The van der Waals surface area contributed by atoms with Gasteiger partial charge in [0.15, 0.2) is 0 Å². The highest BCUT2D eigenvalue weighted by molar-refractivity contribution is 6.35. The van der Waals surface area contributed by atoms with E-state index in [1.165, 1.54) is 20.0 Å². The van der Waals surface area contributed by atoms with Gasteiger partial charge in [-0.3, -0.25) is 4.79 Å². The van der Waals surface area contributed by atoms with Crippen molar-refractivity contribution in [2.24, 2.45) is 5.92 Å². The van der Waals surface area contributed by atoms with Gasteiger partial charge in [-0.15, -0.1) is 0 Å². The molecular formula is C8H12BNO. The Bertz CT molecular complexity index is 179. The van der Waals surface area contributed by atoms with Crippen LogP contribution in [0.3, 0.4) is 0 Å². The van der Waals surface area contributed by atoms with E-state index < -0.39 is 0 Å². The first-order valence-electron chi connectivity index (χ1n) is 4.26. The first-order chi connectivity index (χ1) is 5.33. The van der Waals surface area contributed by atoms with Gasteiger partial charge < -0.3 is 0 Å². The summed E-state index contributed by atoms with van der Waals surface area (Å²) in [7, 11) is 1.24. The number of carbonyl (C=O) groups excluding carboxylic acids is 1. The molecule has 0 radical (unpaired) electrons. The van der Waals surface area contributed by atoms with Crippen LogP contribution in [-0.2, 0) is 4.79 Å². The maximum Gasteiger partial charge on any atom is 0.232 e. The summed E-state index contributed by atoms with van der Waals surface area (Å²) in [5.41, 5.74) is 0. The van der Waals surface area contributed by atoms with Gasteiger partial charge >= 0.3 is 0 Å². The Labute approximate surface area is 67.8 Å². The van der Waals surface area contributed by atoms with E-state index in [2.05, 4.69) is 0 Å². The first-order valence-corrected chi connectivity index (χ1v) is 4.26. The quantitative estimate of drug-likeness (QED) is 0.436. The van der Waals surface area contributed by atoms with Crippen LogP contribution in [-0.4, -0.2) is 13.1 Å². The largest absolute Gasteiger partial charge is 0.283 e. The fraction of sp³-hybridized carbons (Fsp3) is 0.750. The Morgan fingerprint density at radius 3 is 3.09 bits per heavy atom. The van der Waals surface area contributed by atoms with Crippen molar-refractivity contribution in [1.82, 2.24) is 0 Å². The molecular weight excluding hydrogens is 137 g/mol. The monoisotopic (exact) mass is 149 g/mol. The lowest BCUT2D eigenvalue weighted by atomic mass is 9.59. The average molecular weight is 149 g/mol. The second kappa shape index (κ2) is 4.18. The Morgan fingerprint density at radius 2 is 2.55 bits per heavy atom. The van der Waals surface area contributed by atoms with Crippen LogP contribution in [0.15, 0.2) is 0 Å². The van der Waals surface area contributed by atoms with Gasteiger partial charge in [-0.1, -0.05) is 25.5 Å². The van der Waals surface area contributed by atoms with Gasteiger partial charge in [0.1, 0.15) is 13.3 Å². The number of hydrogen-bond donors (Lipinski definition) is 0. The van der Waals surface area contributed by atoms with Crippen LogP contribution >= 0.6 is 0 Å². The number of rotatable bonds is 2. The van der Waals surface area contributed by atoms with Gasteiger partial charge in [0.05, 0.1) is 0 Å². The predicted octanol–water partition coefficient (Wildman–Crippen LogP) is 1.15. The number of nitrogens with zero attached hydrogens (tertiary/aromatic N) is 1. The second-order valence-corrected chi connectivity index (χ2v) is 3.24. The SMILES string of the molecule is N#CC(=O)CC1CBCCC1. The molecule has 1 aliphatic rings. The maximum absolute atomic E-state index is 10.7. The molecule has 0 aromatic rings. The van der Waals surface area contributed by atoms with Crippen LogP contribution in [0.4, 0.5) is 0 Å². The molecule has 0 aliphatic carbocycles. The predicted molar refractivity (Wildman–Crippen MR) is 44.7 cm³/mol. The lowest BCUT2D eigenvalue weighted by Gasteiger charge is -2.18. The van der Waals surface area contributed by atoms with Crippen LogP contribution in [0, 0.1) is 17.2 Å². The molecule has 2 nitrogen and oxygen atoms in total. The van der Waals surface area contributed by atoms with Crippen molar-refractivity contribution in [3.63, 3.8) is 0 Å². The highest BCUT2D eigenvalue weighted by atomic mass is 16.1. The highest BCUT2D eigenvalue weighted by Crippen LogP contribution is 2.23. The van der Waals surface area contributed by atoms with E-state index in [9.17, 15) is 4.79 Å². The summed E-state index contributed by atoms with van der Waals surface area (Å²) in [6, 6.07) is 1.67. The molecule has 0 aromatic heterocycles. The molecule has 0 bridgehead atoms. The zero-order valence-corrected chi connectivity index (χ0v) is 6.68. The molecule has 1 fully saturated rings. The molecule has 1 saturated heterocycles. The van der Waals surface area contributed by atoms with Gasteiger partial charge in [0.25, 0.3) is 0 Å². The Kier molecular flexibility index (Phi) is 3.16. The third kappa shape index (κ3) is 2.75. The van der Waals surface area contributed by atoms with Crippen molar-refractivity contribution >= 4 is 13.1 Å². The Morgan fingerprint density at radius 1 is 1.73 bits per heavy atom. The summed E-state index contributed by atoms with van der Waals surface area (Å²) in [5, 5.41) is 8.27. The van der Waals surface area contributed by atoms with E-state index in [1.807, 2.05) is 0 Å². The summed E-state index contributed by atoms with van der Waals surface area (Å²) in [6.45, 7) is 0. The fourth-order valence-corrected chi connectivity index (χ4v) is 1.70. The molecule has 0 spiro atoms. The lowest BCUT2D eigenvalue weighted by Crippen LogP contribution is -2.13. The minimum atomic E-state index is -0.239. The molecule has 1 aliphatic heterocycles. The normalized spacial score (nSPS) is 23.4.